The van der Waals surface area contributed by atoms with Crippen LogP contribution in [0.5, 0.6) is 0 Å². The second-order valence-corrected chi connectivity index (χ2v) is 8.33. The van der Waals surface area contributed by atoms with Gasteiger partial charge in [0.25, 0.3) is 0 Å². The molecule has 3 aliphatic rings. The Kier molecular flexibility index (Phi) is 3.98. The van der Waals surface area contributed by atoms with E-state index in [1.165, 1.54) is 0 Å². The Labute approximate surface area is 152 Å². The maximum Gasteiger partial charge on any atom is 0.411 e. The van der Waals surface area contributed by atoms with Crippen LogP contribution in [-0.4, -0.2) is 52.7 Å². The highest BCUT2D eigenvalue weighted by atomic mass is 35.5. The lowest BCUT2D eigenvalue weighted by molar-refractivity contribution is -0.176. The van der Waals surface area contributed by atoms with Crippen molar-refractivity contribution >= 4 is 17.7 Å². The number of carbonyl (C=O) groups excluding carboxylic acids is 1. The van der Waals surface area contributed by atoms with Gasteiger partial charge in [-0.2, -0.15) is 0 Å². The van der Waals surface area contributed by atoms with Gasteiger partial charge in [-0.05, 0) is 38.8 Å². The molecule has 3 unspecified atom stereocenters. The molecule has 0 saturated carbocycles. The largest absolute Gasteiger partial charge is 0.444 e. The van der Waals surface area contributed by atoms with Crippen LogP contribution in [0.25, 0.3) is 0 Å². The number of hydrogen-bond acceptors (Lipinski definition) is 5. The molecule has 0 radical (unpaired) electrons. The number of hydrogen-bond donors (Lipinski definition) is 0. The van der Waals surface area contributed by atoms with Crippen LogP contribution in [0.2, 0.25) is 5.15 Å². The summed E-state index contributed by atoms with van der Waals surface area (Å²) in [5.74, 6) is -0.501. The van der Waals surface area contributed by atoms with Crippen molar-refractivity contribution in [2.75, 3.05) is 13.2 Å². The van der Waals surface area contributed by atoms with E-state index < -0.39 is 11.4 Å². The normalized spacial score (nSPS) is 30.2. The Morgan fingerprint density at radius 2 is 2.08 bits per heavy atom. The first-order valence-corrected chi connectivity index (χ1v) is 9.08. The molecule has 1 aromatic rings. The van der Waals surface area contributed by atoms with Crippen molar-refractivity contribution in [3.63, 3.8) is 0 Å². The van der Waals surface area contributed by atoms with E-state index in [0.717, 1.165) is 12.0 Å². The summed E-state index contributed by atoms with van der Waals surface area (Å²) in [6.07, 6.45) is 2.92. The Hall–Kier alpha value is -1.37. The summed E-state index contributed by atoms with van der Waals surface area (Å²) in [4.78, 5) is 18.9. The lowest BCUT2D eigenvalue weighted by Gasteiger charge is -2.33. The summed E-state index contributed by atoms with van der Waals surface area (Å²) in [5.41, 5.74) is 0.541. The monoisotopic (exact) mass is 366 g/mol. The standard InChI is InChI=1S/C18H23ClN2O4/c1-17(2,3)25-16(22)21-13-9-18(23-6-7-24-18)14(21)8-12(13)11-4-5-15(19)20-10-11/h4-5,10,12-14H,6-9H2,1-3H3. The first kappa shape index (κ1) is 17.1. The van der Waals surface area contributed by atoms with Crippen LogP contribution in [0.3, 0.4) is 0 Å². The molecule has 3 fully saturated rings. The molecule has 3 saturated heterocycles. The number of carbonyl (C=O) groups is 1. The summed E-state index contributed by atoms with van der Waals surface area (Å²) in [6.45, 7) is 6.77. The van der Waals surface area contributed by atoms with E-state index in [1.54, 1.807) is 12.3 Å². The van der Waals surface area contributed by atoms with Crippen LogP contribution in [0.1, 0.15) is 45.1 Å². The molecule has 1 amide bonds. The molecule has 4 rings (SSSR count). The number of nitrogens with zero attached hydrogens (tertiary/aromatic N) is 2. The molecule has 25 heavy (non-hydrogen) atoms. The molecule has 0 aliphatic carbocycles. The van der Waals surface area contributed by atoms with Gasteiger partial charge < -0.3 is 14.2 Å². The van der Waals surface area contributed by atoms with E-state index in [0.29, 0.717) is 24.8 Å². The fourth-order valence-corrected chi connectivity index (χ4v) is 4.43. The van der Waals surface area contributed by atoms with E-state index in [-0.39, 0.29) is 24.1 Å². The van der Waals surface area contributed by atoms with Gasteiger partial charge >= 0.3 is 6.09 Å². The number of halogens is 1. The Morgan fingerprint density at radius 1 is 1.36 bits per heavy atom. The molecule has 6 nitrogen and oxygen atoms in total. The predicted molar refractivity (Wildman–Crippen MR) is 91.5 cm³/mol. The minimum Gasteiger partial charge on any atom is -0.444 e. The van der Waals surface area contributed by atoms with Crippen molar-refractivity contribution in [2.45, 2.75) is 63.0 Å². The average molecular weight is 367 g/mol. The maximum absolute atomic E-state index is 12.8. The van der Waals surface area contributed by atoms with Crippen molar-refractivity contribution in [1.29, 1.82) is 0 Å². The zero-order valence-corrected chi connectivity index (χ0v) is 15.5. The van der Waals surface area contributed by atoms with Crippen molar-refractivity contribution in [3.8, 4) is 0 Å². The van der Waals surface area contributed by atoms with E-state index in [4.69, 9.17) is 25.8 Å². The maximum atomic E-state index is 12.8. The fourth-order valence-electron chi connectivity index (χ4n) is 4.32. The lowest BCUT2D eigenvalue weighted by Crippen LogP contribution is -2.47. The molecule has 2 bridgehead atoms. The van der Waals surface area contributed by atoms with Crippen LogP contribution in [0.4, 0.5) is 4.79 Å². The van der Waals surface area contributed by atoms with Crippen molar-refractivity contribution in [3.05, 3.63) is 29.0 Å². The zero-order chi connectivity index (χ0) is 17.8. The highest BCUT2D eigenvalue weighted by molar-refractivity contribution is 6.29. The summed E-state index contributed by atoms with van der Waals surface area (Å²) in [7, 11) is 0. The number of rotatable bonds is 1. The summed E-state index contributed by atoms with van der Waals surface area (Å²) in [5, 5.41) is 0.467. The molecule has 4 heterocycles. The number of fused-ring (bicyclic) bond motifs is 3. The van der Waals surface area contributed by atoms with Crippen LogP contribution < -0.4 is 0 Å². The highest BCUT2D eigenvalue weighted by Crippen LogP contribution is 2.54. The van der Waals surface area contributed by atoms with Crippen LogP contribution in [0.15, 0.2) is 18.3 Å². The molecule has 1 spiro atoms. The lowest BCUT2D eigenvalue weighted by atomic mass is 9.81. The number of aromatic nitrogens is 1. The van der Waals surface area contributed by atoms with Crippen molar-refractivity contribution < 1.29 is 19.0 Å². The summed E-state index contributed by atoms with van der Waals surface area (Å²) < 4.78 is 17.5. The third-order valence-corrected chi connectivity index (χ3v) is 5.42. The van der Waals surface area contributed by atoms with Crippen molar-refractivity contribution in [2.24, 2.45) is 0 Å². The number of amides is 1. The highest BCUT2D eigenvalue weighted by Gasteiger charge is 2.65. The first-order chi connectivity index (χ1) is 11.8. The molecule has 3 atom stereocenters. The minimum atomic E-state index is -0.683. The van der Waals surface area contributed by atoms with Gasteiger partial charge in [-0.25, -0.2) is 9.78 Å². The van der Waals surface area contributed by atoms with E-state index in [9.17, 15) is 4.79 Å². The van der Waals surface area contributed by atoms with E-state index in [1.807, 2.05) is 31.7 Å². The third-order valence-electron chi connectivity index (χ3n) is 5.19. The number of pyridine rings is 1. The van der Waals surface area contributed by atoms with Crippen LogP contribution in [0, 0.1) is 0 Å². The second-order valence-electron chi connectivity index (χ2n) is 7.94. The van der Waals surface area contributed by atoms with Gasteiger partial charge in [0.05, 0.1) is 19.3 Å². The molecule has 0 aromatic carbocycles. The molecule has 1 aromatic heterocycles. The quantitative estimate of drug-likeness (QED) is 0.713. The fraction of sp³-hybridized carbons (Fsp3) is 0.667. The second kappa shape index (κ2) is 5.83. The smallest absolute Gasteiger partial charge is 0.411 e. The number of ether oxygens (including phenoxy) is 3. The molecule has 7 heteroatoms. The van der Waals surface area contributed by atoms with Crippen LogP contribution in [-0.2, 0) is 14.2 Å². The van der Waals surface area contributed by atoms with Crippen LogP contribution >= 0.6 is 11.6 Å². The predicted octanol–water partition coefficient (Wildman–Crippen LogP) is 3.34. The Bertz CT molecular complexity index is 667. The van der Waals surface area contributed by atoms with E-state index >= 15 is 0 Å². The molecule has 136 valence electrons. The van der Waals surface area contributed by atoms with E-state index in [2.05, 4.69) is 4.98 Å². The summed E-state index contributed by atoms with van der Waals surface area (Å²) in [6, 6.07) is 3.60. The average Bonchev–Trinajstić information content (AvgIpc) is 3.20. The van der Waals surface area contributed by atoms with Gasteiger partial charge in [0.15, 0.2) is 5.79 Å². The van der Waals surface area contributed by atoms with Gasteiger partial charge in [-0.3, -0.25) is 4.90 Å². The van der Waals surface area contributed by atoms with Crippen molar-refractivity contribution in [1.82, 2.24) is 9.88 Å². The van der Waals surface area contributed by atoms with Gasteiger partial charge in [0.2, 0.25) is 0 Å². The van der Waals surface area contributed by atoms with Gasteiger partial charge in [-0.15, -0.1) is 0 Å². The molecular weight excluding hydrogens is 344 g/mol. The van der Waals surface area contributed by atoms with Gasteiger partial charge in [0.1, 0.15) is 10.8 Å². The SMILES string of the molecule is CC(C)(C)OC(=O)N1C2CC3(OCCO3)C1CC2c1ccc(Cl)nc1. The first-order valence-electron chi connectivity index (χ1n) is 8.70. The zero-order valence-electron chi connectivity index (χ0n) is 14.7. The molecular formula is C18H23ClN2O4. The van der Waals surface area contributed by atoms with Gasteiger partial charge in [0, 0.05) is 24.6 Å². The molecule has 3 aliphatic heterocycles. The Morgan fingerprint density at radius 3 is 2.68 bits per heavy atom. The summed E-state index contributed by atoms with van der Waals surface area (Å²) >= 11 is 5.91. The topological polar surface area (TPSA) is 60.9 Å². The minimum absolute atomic E-state index is 0.0269. The Balaban J connectivity index is 1.63. The molecule has 0 N–H and O–H groups in total. The third kappa shape index (κ3) is 2.90. The van der Waals surface area contributed by atoms with Gasteiger partial charge in [-0.1, -0.05) is 17.7 Å².